The van der Waals surface area contributed by atoms with Gasteiger partial charge in [0.25, 0.3) is 0 Å². The smallest absolute Gasteiger partial charge is 0.124 e. The van der Waals surface area contributed by atoms with Crippen LogP contribution in [0.15, 0.2) is 12.3 Å². The second-order valence-electron chi connectivity index (χ2n) is 4.04. The van der Waals surface area contributed by atoms with Gasteiger partial charge in [0, 0.05) is 12.7 Å². The van der Waals surface area contributed by atoms with E-state index in [4.69, 9.17) is 0 Å². The molecular formula is C10H18N2O2. The van der Waals surface area contributed by atoms with Gasteiger partial charge in [0.2, 0.25) is 0 Å². The summed E-state index contributed by atoms with van der Waals surface area (Å²) in [6.45, 7) is 5.97. The maximum absolute atomic E-state index is 9.84. The van der Waals surface area contributed by atoms with Crippen LogP contribution in [-0.4, -0.2) is 25.6 Å². The van der Waals surface area contributed by atoms with Gasteiger partial charge < -0.3 is 10.2 Å². The number of hydrogen-bond acceptors (Lipinski definition) is 3. The second-order valence-corrected chi connectivity index (χ2v) is 4.04. The maximum atomic E-state index is 9.84. The van der Waals surface area contributed by atoms with Gasteiger partial charge in [-0.3, -0.25) is 4.68 Å². The quantitative estimate of drug-likeness (QED) is 0.761. The molecule has 1 heterocycles. The van der Waals surface area contributed by atoms with Gasteiger partial charge >= 0.3 is 0 Å². The summed E-state index contributed by atoms with van der Waals surface area (Å²) in [5.74, 6) is 0. The normalized spacial score (nSPS) is 14.4. The molecule has 0 saturated carbocycles. The maximum Gasteiger partial charge on any atom is 0.124 e. The van der Waals surface area contributed by atoms with E-state index in [1.807, 2.05) is 6.92 Å². The zero-order valence-electron chi connectivity index (χ0n) is 8.94. The molecule has 0 aliphatic carbocycles. The highest BCUT2D eigenvalue weighted by molar-refractivity contribution is 5.08. The molecule has 0 saturated heterocycles. The summed E-state index contributed by atoms with van der Waals surface area (Å²) >= 11 is 0. The predicted molar refractivity (Wildman–Crippen MR) is 53.8 cm³/mol. The summed E-state index contributed by atoms with van der Waals surface area (Å²) in [6, 6.07) is 1.73. The van der Waals surface area contributed by atoms with Crippen LogP contribution < -0.4 is 0 Å². The fourth-order valence-corrected chi connectivity index (χ4v) is 1.34. The Hall–Kier alpha value is -0.870. The molecule has 0 spiro atoms. The number of aromatic nitrogens is 2. The van der Waals surface area contributed by atoms with E-state index in [1.54, 1.807) is 30.8 Å². The Morgan fingerprint density at radius 1 is 1.57 bits per heavy atom. The van der Waals surface area contributed by atoms with Crippen molar-refractivity contribution < 1.29 is 10.2 Å². The highest BCUT2D eigenvalue weighted by Gasteiger charge is 2.28. The van der Waals surface area contributed by atoms with E-state index in [2.05, 4.69) is 5.10 Å². The van der Waals surface area contributed by atoms with Crippen molar-refractivity contribution in [3.63, 3.8) is 0 Å². The number of aliphatic hydroxyl groups excluding tert-OH is 1. The van der Waals surface area contributed by atoms with Gasteiger partial charge in [-0.05, 0) is 26.3 Å². The standard InChI is InChI=1S/C10H18N2O2/c1-4-7-12-8(5-6-11-12)9(13)10(2,3)14/h5-6,9,13-14H,4,7H2,1-3H3. The third kappa shape index (κ3) is 2.33. The van der Waals surface area contributed by atoms with Crippen molar-refractivity contribution in [3.8, 4) is 0 Å². The third-order valence-electron chi connectivity index (χ3n) is 2.13. The van der Waals surface area contributed by atoms with E-state index >= 15 is 0 Å². The largest absolute Gasteiger partial charge is 0.387 e. The van der Waals surface area contributed by atoms with Crippen LogP contribution in [0.25, 0.3) is 0 Å². The predicted octanol–water partition coefficient (Wildman–Crippen LogP) is 1.10. The molecule has 0 aliphatic heterocycles. The Labute approximate surface area is 84.2 Å². The molecule has 1 aromatic rings. The van der Waals surface area contributed by atoms with Gasteiger partial charge in [-0.25, -0.2) is 0 Å². The van der Waals surface area contributed by atoms with Crippen LogP contribution in [0.2, 0.25) is 0 Å². The molecule has 0 fully saturated rings. The SMILES string of the molecule is CCCn1nccc1C(O)C(C)(C)O. The van der Waals surface area contributed by atoms with Crippen molar-refractivity contribution in [1.82, 2.24) is 9.78 Å². The Bertz CT molecular complexity index is 289. The summed E-state index contributed by atoms with van der Waals surface area (Å²) in [6.07, 6.45) is 1.70. The molecule has 1 rings (SSSR count). The van der Waals surface area contributed by atoms with Crippen molar-refractivity contribution in [2.45, 2.75) is 45.4 Å². The fourth-order valence-electron chi connectivity index (χ4n) is 1.34. The molecule has 4 nitrogen and oxygen atoms in total. The van der Waals surface area contributed by atoms with Crippen molar-refractivity contribution in [3.05, 3.63) is 18.0 Å². The second kappa shape index (κ2) is 4.11. The molecule has 0 amide bonds. The Morgan fingerprint density at radius 3 is 2.71 bits per heavy atom. The van der Waals surface area contributed by atoms with Crippen molar-refractivity contribution in [2.75, 3.05) is 0 Å². The highest BCUT2D eigenvalue weighted by Crippen LogP contribution is 2.24. The summed E-state index contributed by atoms with van der Waals surface area (Å²) in [7, 11) is 0. The number of aryl methyl sites for hydroxylation is 1. The van der Waals surface area contributed by atoms with Crippen LogP contribution in [0.3, 0.4) is 0 Å². The summed E-state index contributed by atoms with van der Waals surface area (Å²) in [5, 5.41) is 23.6. The van der Waals surface area contributed by atoms with E-state index in [0.717, 1.165) is 13.0 Å². The third-order valence-corrected chi connectivity index (χ3v) is 2.13. The molecule has 1 unspecified atom stereocenters. The molecule has 4 heteroatoms. The van der Waals surface area contributed by atoms with Gasteiger partial charge in [0.15, 0.2) is 0 Å². The minimum Gasteiger partial charge on any atom is -0.387 e. The average Bonchev–Trinajstić information content (AvgIpc) is 2.50. The van der Waals surface area contributed by atoms with E-state index < -0.39 is 11.7 Å². The minimum atomic E-state index is -1.13. The zero-order chi connectivity index (χ0) is 10.8. The van der Waals surface area contributed by atoms with Crippen LogP contribution >= 0.6 is 0 Å². The molecule has 0 radical (unpaired) electrons. The number of rotatable bonds is 4. The minimum absolute atomic E-state index is 0.666. The lowest BCUT2D eigenvalue weighted by atomic mass is 9.99. The monoisotopic (exact) mass is 198 g/mol. The number of hydrogen-bond donors (Lipinski definition) is 2. The molecule has 0 aromatic carbocycles. The fraction of sp³-hybridized carbons (Fsp3) is 0.700. The topological polar surface area (TPSA) is 58.3 Å². The van der Waals surface area contributed by atoms with Gasteiger partial charge in [-0.1, -0.05) is 6.92 Å². The lowest BCUT2D eigenvalue weighted by Gasteiger charge is -2.25. The van der Waals surface area contributed by atoms with Gasteiger partial charge in [-0.15, -0.1) is 0 Å². The average molecular weight is 198 g/mol. The van der Waals surface area contributed by atoms with Crippen LogP contribution in [0.1, 0.15) is 39.0 Å². The van der Waals surface area contributed by atoms with Crippen molar-refractivity contribution in [2.24, 2.45) is 0 Å². The lowest BCUT2D eigenvalue weighted by molar-refractivity contribution is -0.0538. The number of nitrogens with zero attached hydrogens (tertiary/aromatic N) is 2. The van der Waals surface area contributed by atoms with Gasteiger partial charge in [0.05, 0.1) is 11.3 Å². The van der Waals surface area contributed by atoms with Crippen LogP contribution in [0, 0.1) is 0 Å². The van der Waals surface area contributed by atoms with Crippen LogP contribution in [0.4, 0.5) is 0 Å². The summed E-state index contributed by atoms with van der Waals surface area (Å²) in [5.41, 5.74) is -0.467. The van der Waals surface area contributed by atoms with E-state index in [0.29, 0.717) is 5.69 Å². The number of aliphatic hydroxyl groups is 2. The molecule has 1 aromatic heterocycles. The van der Waals surface area contributed by atoms with Gasteiger partial charge in [-0.2, -0.15) is 5.10 Å². The van der Waals surface area contributed by atoms with Crippen molar-refractivity contribution in [1.29, 1.82) is 0 Å². The van der Waals surface area contributed by atoms with Crippen molar-refractivity contribution >= 4 is 0 Å². The zero-order valence-corrected chi connectivity index (χ0v) is 8.94. The van der Waals surface area contributed by atoms with Crippen LogP contribution in [0.5, 0.6) is 0 Å². The summed E-state index contributed by atoms with van der Waals surface area (Å²) < 4.78 is 1.72. The first-order valence-electron chi connectivity index (χ1n) is 4.89. The lowest BCUT2D eigenvalue weighted by Crippen LogP contribution is -2.30. The summed E-state index contributed by atoms with van der Waals surface area (Å²) in [4.78, 5) is 0. The first-order valence-corrected chi connectivity index (χ1v) is 4.89. The van der Waals surface area contributed by atoms with E-state index in [-0.39, 0.29) is 0 Å². The molecule has 2 N–H and O–H groups in total. The van der Waals surface area contributed by atoms with E-state index in [1.165, 1.54) is 0 Å². The van der Waals surface area contributed by atoms with E-state index in [9.17, 15) is 10.2 Å². The first kappa shape index (κ1) is 11.2. The Kier molecular flexibility index (Phi) is 3.29. The molecule has 1 atom stereocenters. The molecule has 0 aliphatic rings. The molecular weight excluding hydrogens is 180 g/mol. The Balaban J connectivity index is 2.89. The van der Waals surface area contributed by atoms with Crippen LogP contribution in [-0.2, 0) is 6.54 Å². The molecule has 0 bridgehead atoms. The molecule has 14 heavy (non-hydrogen) atoms. The first-order chi connectivity index (χ1) is 6.46. The highest BCUT2D eigenvalue weighted by atomic mass is 16.3. The Morgan fingerprint density at radius 2 is 2.21 bits per heavy atom. The molecule has 80 valence electrons. The van der Waals surface area contributed by atoms with Gasteiger partial charge in [0.1, 0.15) is 6.10 Å².